The van der Waals surface area contributed by atoms with E-state index in [1.165, 1.54) is 5.56 Å². The number of anilines is 1. The SMILES string of the molecule is Cc1ccc(C(N)CNc2cc(C)nn2C)cc1. The Hall–Kier alpha value is -1.81. The van der Waals surface area contributed by atoms with Crippen LogP contribution in [0.25, 0.3) is 0 Å². The van der Waals surface area contributed by atoms with E-state index in [1.54, 1.807) is 0 Å². The van der Waals surface area contributed by atoms with Crippen molar-refractivity contribution in [2.24, 2.45) is 12.8 Å². The van der Waals surface area contributed by atoms with Crippen LogP contribution < -0.4 is 11.1 Å². The van der Waals surface area contributed by atoms with Crippen molar-refractivity contribution in [3.63, 3.8) is 0 Å². The lowest BCUT2D eigenvalue weighted by Crippen LogP contribution is -2.21. The van der Waals surface area contributed by atoms with Crippen molar-refractivity contribution in [2.75, 3.05) is 11.9 Å². The summed E-state index contributed by atoms with van der Waals surface area (Å²) in [5.74, 6) is 0.995. The molecule has 2 rings (SSSR count). The minimum absolute atomic E-state index is 0.0131. The highest BCUT2D eigenvalue weighted by atomic mass is 15.3. The lowest BCUT2D eigenvalue weighted by molar-refractivity contribution is 0.727. The minimum atomic E-state index is -0.0131. The second-order valence-electron chi connectivity index (χ2n) is 4.69. The topological polar surface area (TPSA) is 55.9 Å². The summed E-state index contributed by atoms with van der Waals surface area (Å²) in [6, 6.07) is 10.3. The molecule has 0 bridgehead atoms. The molecule has 2 aromatic rings. The number of nitrogens with two attached hydrogens (primary N) is 1. The van der Waals surface area contributed by atoms with Gasteiger partial charge in [0.1, 0.15) is 5.82 Å². The molecule has 1 atom stereocenters. The molecule has 4 nitrogen and oxygen atoms in total. The Kier molecular flexibility index (Phi) is 3.67. The second kappa shape index (κ2) is 5.23. The van der Waals surface area contributed by atoms with Gasteiger partial charge in [-0.05, 0) is 19.4 Å². The minimum Gasteiger partial charge on any atom is -0.368 e. The van der Waals surface area contributed by atoms with Crippen molar-refractivity contribution in [2.45, 2.75) is 19.9 Å². The zero-order valence-electron chi connectivity index (χ0n) is 11.1. The summed E-state index contributed by atoms with van der Waals surface area (Å²) in [6.07, 6.45) is 0. The van der Waals surface area contributed by atoms with Crippen LogP contribution in [0.15, 0.2) is 30.3 Å². The Balaban J connectivity index is 1.98. The van der Waals surface area contributed by atoms with Gasteiger partial charge in [-0.15, -0.1) is 0 Å². The van der Waals surface area contributed by atoms with Gasteiger partial charge < -0.3 is 11.1 Å². The molecule has 0 saturated carbocycles. The maximum absolute atomic E-state index is 6.16. The van der Waals surface area contributed by atoms with Crippen molar-refractivity contribution < 1.29 is 0 Å². The standard InChI is InChI=1S/C14H20N4/c1-10-4-6-12(7-5-10)13(15)9-16-14-8-11(2)17-18(14)3/h4-8,13,16H,9,15H2,1-3H3. The predicted molar refractivity (Wildman–Crippen MR) is 74.5 cm³/mol. The Morgan fingerprint density at radius 1 is 1.28 bits per heavy atom. The molecule has 3 N–H and O–H groups in total. The second-order valence-corrected chi connectivity index (χ2v) is 4.69. The van der Waals surface area contributed by atoms with E-state index in [-0.39, 0.29) is 6.04 Å². The summed E-state index contributed by atoms with van der Waals surface area (Å²) >= 11 is 0. The number of nitrogens with one attached hydrogen (secondary N) is 1. The molecular weight excluding hydrogens is 224 g/mol. The lowest BCUT2D eigenvalue weighted by atomic mass is 10.1. The van der Waals surface area contributed by atoms with E-state index in [9.17, 15) is 0 Å². The van der Waals surface area contributed by atoms with E-state index < -0.39 is 0 Å². The van der Waals surface area contributed by atoms with E-state index >= 15 is 0 Å². The van der Waals surface area contributed by atoms with Gasteiger partial charge in [0.25, 0.3) is 0 Å². The van der Waals surface area contributed by atoms with Crippen LogP contribution in [-0.2, 0) is 7.05 Å². The third-order valence-electron chi connectivity index (χ3n) is 3.01. The van der Waals surface area contributed by atoms with Gasteiger partial charge in [-0.3, -0.25) is 4.68 Å². The fourth-order valence-electron chi connectivity index (χ4n) is 1.92. The molecule has 4 heteroatoms. The van der Waals surface area contributed by atoms with Crippen LogP contribution in [-0.4, -0.2) is 16.3 Å². The highest BCUT2D eigenvalue weighted by Crippen LogP contribution is 2.14. The van der Waals surface area contributed by atoms with Crippen molar-refractivity contribution >= 4 is 5.82 Å². The van der Waals surface area contributed by atoms with Crippen molar-refractivity contribution in [1.29, 1.82) is 0 Å². The summed E-state index contributed by atoms with van der Waals surface area (Å²) in [4.78, 5) is 0. The van der Waals surface area contributed by atoms with E-state index in [1.807, 2.05) is 24.7 Å². The average Bonchev–Trinajstić information content (AvgIpc) is 2.66. The van der Waals surface area contributed by atoms with Gasteiger partial charge >= 0.3 is 0 Å². The summed E-state index contributed by atoms with van der Waals surface area (Å²) < 4.78 is 1.83. The Morgan fingerprint density at radius 3 is 2.50 bits per heavy atom. The van der Waals surface area contributed by atoms with Crippen LogP contribution in [0.1, 0.15) is 22.9 Å². The van der Waals surface area contributed by atoms with E-state index in [2.05, 4.69) is 41.6 Å². The first-order valence-corrected chi connectivity index (χ1v) is 6.13. The summed E-state index contributed by atoms with van der Waals surface area (Å²) in [6.45, 7) is 4.75. The van der Waals surface area contributed by atoms with Crippen molar-refractivity contribution in [1.82, 2.24) is 9.78 Å². The third-order valence-corrected chi connectivity index (χ3v) is 3.01. The Bertz CT molecular complexity index is 513. The van der Waals surface area contributed by atoms with E-state index in [0.717, 1.165) is 17.1 Å². The third kappa shape index (κ3) is 2.90. The monoisotopic (exact) mass is 244 g/mol. The fourth-order valence-corrected chi connectivity index (χ4v) is 1.92. The average molecular weight is 244 g/mol. The zero-order chi connectivity index (χ0) is 13.1. The first-order chi connectivity index (χ1) is 8.56. The molecular formula is C14H20N4. The van der Waals surface area contributed by atoms with Crippen LogP contribution >= 0.6 is 0 Å². The molecule has 18 heavy (non-hydrogen) atoms. The number of benzene rings is 1. The number of rotatable bonds is 4. The normalized spacial score (nSPS) is 12.4. The van der Waals surface area contributed by atoms with Crippen LogP contribution in [0.4, 0.5) is 5.82 Å². The van der Waals surface area contributed by atoms with Gasteiger partial charge in [-0.2, -0.15) is 5.10 Å². The Labute approximate surface area is 108 Å². The molecule has 1 unspecified atom stereocenters. The maximum Gasteiger partial charge on any atom is 0.124 e. The number of hydrogen-bond acceptors (Lipinski definition) is 3. The first-order valence-electron chi connectivity index (χ1n) is 6.13. The van der Waals surface area contributed by atoms with Gasteiger partial charge in [0, 0.05) is 25.7 Å². The summed E-state index contributed by atoms with van der Waals surface area (Å²) in [5, 5.41) is 7.61. The molecule has 0 fully saturated rings. The highest BCUT2D eigenvalue weighted by Gasteiger charge is 2.07. The molecule has 0 aliphatic rings. The number of aromatic nitrogens is 2. The molecule has 96 valence electrons. The summed E-state index contributed by atoms with van der Waals surface area (Å²) in [7, 11) is 1.92. The fraction of sp³-hybridized carbons (Fsp3) is 0.357. The molecule has 0 spiro atoms. The number of hydrogen-bond donors (Lipinski definition) is 2. The van der Waals surface area contributed by atoms with Gasteiger partial charge in [-0.25, -0.2) is 0 Å². The quantitative estimate of drug-likeness (QED) is 0.866. The summed E-state index contributed by atoms with van der Waals surface area (Å²) in [5.41, 5.74) is 9.56. The molecule has 0 radical (unpaired) electrons. The number of nitrogens with zero attached hydrogens (tertiary/aromatic N) is 2. The zero-order valence-corrected chi connectivity index (χ0v) is 11.1. The van der Waals surface area contributed by atoms with Crippen LogP contribution in [0.5, 0.6) is 0 Å². The molecule has 0 aliphatic heterocycles. The van der Waals surface area contributed by atoms with Gasteiger partial charge in [0.2, 0.25) is 0 Å². The smallest absolute Gasteiger partial charge is 0.124 e. The molecule has 0 aliphatic carbocycles. The molecule has 1 aromatic carbocycles. The first kappa shape index (κ1) is 12.6. The molecule has 1 aromatic heterocycles. The lowest BCUT2D eigenvalue weighted by Gasteiger charge is -2.14. The van der Waals surface area contributed by atoms with Crippen LogP contribution in [0.2, 0.25) is 0 Å². The number of aryl methyl sites for hydroxylation is 3. The largest absolute Gasteiger partial charge is 0.368 e. The van der Waals surface area contributed by atoms with Crippen molar-refractivity contribution in [3.05, 3.63) is 47.2 Å². The van der Waals surface area contributed by atoms with Crippen LogP contribution in [0.3, 0.4) is 0 Å². The van der Waals surface area contributed by atoms with Gasteiger partial charge in [-0.1, -0.05) is 29.8 Å². The van der Waals surface area contributed by atoms with Crippen molar-refractivity contribution in [3.8, 4) is 0 Å². The van der Waals surface area contributed by atoms with Gasteiger partial charge in [0.05, 0.1) is 5.69 Å². The Morgan fingerprint density at radius 2 is 1.94 bits per heavy atom. The molecule has 0 amide bonds. The van der Waals surface area contributed by atoms with E-state index in [4.69, 9.17) is 5.73 Å². The van der Waals surface area contributed by atoms with Crippen LogP contribution in [0, 0.1) is 13.8 Å². The van der Waals surface area contributed by atoms with Gasteiger partial charge in [0.15, 0.2) is 0 Å². The maximum atomic E-state index is 6.16. The molecule has 0 saturated heterocycles. The highest BCUT2D eigenvalue weighted by molar-refractivity contribution is 5.37. The predicted octanol–water partition coefficient (Wildman–Crippen LogP) is 2.15. The molecule has 1 heterocycles. The van der Waals surface area contributed by atoms with E-state index in [0.29, 0.717) is 6.54 Å².